The Kier molecular flexibility index (Phi) is 5.53. The van der Waals surface area contributed by atoms with Crippen molar-refractivity contribution in [2.45, 2.75) is 37.7 Å². The zero-order valence-corrected chi connectivity index (χ0v) is 17.2. The van der Waals surface area contributed by atoms with E-state index in [2.05, 4.69) is 29.0 Å². The third kappa shape index (κ3) is 4.27. The molecule has 0 saturated heterocycles. The molecule has 4 rings (SSSR count). The Balaban J connectivity index is 1.49. The summed E-state index contributed by atoms with van der Waals surface area (Å²) in [6.45, 7) is 4.54. The fourth-order valence-corrected chi connectivity index (χ4v) is 4.95. The molecule has 3 aromatic rings. The van der Waals surface area contributed by atoms with Crippen molar-refractivity contribution in [3.63, 3.8) is 0 Å². The number of aryl methyl sites for hydroxylation is 2. The van der Waals surface area contributed by atoms with Gasteiger partial charge in [-0.2, -0.15) is 0 Å². The van der Waals surface area contributed by atoms with Crippen LogP contribution in [-0.4, -0.2) is 26.8 Å². The van der Waals surface area contributed by atoms with Crippen LogP contribution < -0.4 is 4.74 Å². The average Bonchev–Trinajstić information content (AvgIpc) is 3.08. The molecule has 0 aliphatic carbocycles. The number of carboxylic acids is 1. The molecule has 1 aromatic carbocycles. The van der Waals surface area contributed by atoms with Crippen LogP contribution in [0.25, 0.3) is 11.1 Å². The third-order valence-corrected chi connectivity index (χ3v) is 6.36. The van der Waals surface area contributed by atoms with Crippen molar-refractivity contribution in [3.8, 4) is 17.0 Å². The SMILES string of the molecule is Cc1ccnc(C)c1-c1cccc(COc2cc3c(cn2)[C@H](CC(=O)O)CS3)c1. The summed E-state index contributed by atoms with van der Waals surface area (Å²) in [6, 6.07) is 12.2. The maximum atomic E-state index is 11.0. The Hall–Kier alpha value is -2.86. The Morgan fingerprint density at radius 2 is 2.10 bits per heavy atom. The standard InChI is InChI=1S/C23H22N2O3S/c1-14-6-7-24-15(2)23(14)17-5-3-4-16(8-17)12-28-21-10-20-19(11-25-21)18(13-29-20)9-22(26)27/h3-8,10-11,18H,9,12-13H2,1-2H3,(H,26,27)/t18-/m1/s1. The molecule has 148 valence electrons. The molecule has 0 spiro atoms. The molecule has 0 radical (unpaired) electrons. The average molecular weight is 407 g/mol. The lowest BCUT2D eigenvalue weighted by Crippen LogP contribution is -2.06. The number of pyridine rings is 2. The molecule has 6 heteroatoms. The molecule has 0 fully saturated rings. The summed E-state index contributed by atoms with van der Waals surface area (Å²) in [5.41, 5.74) is 6.56. The van der Waals surface area contributed by atoms with Gasteiger partial charge in [-0.05, 0) is 48.2 Å². The molecule has 0 saturated carbocycles. The number of rotatable bonds is 6. The molecule has 1 aliphatic heterocycles. The van der Waals surface area contributed by atoms with Gasteiger partial charge in [-0.3, -0.25) is 9.78 Å². The van der Waals surface area contributed by atoms with E-state index in [1.165, 1.54) is 5.56 Å². The van der Waals surface area contributed by atoms with Gasteiger partial charge in [0.25, 0.3) is 0 Å². The van der Waals surface area contributed by atoms with Gasteiger partial charge in [-0.25, -0.2) is 4.98 Å². The fourth-order valence-electron chi connectivity index (χ4n) is 3.70. The molecular weight excluding hydrogens is 384 g/mol. The molecule has 3 heterocycles. The molecular formula is C23H22N2O3S. The van der Waals surface area contributed by atoms with Gasteiger partial charge in [-0.15, -0.1) is 11.8 Å². The van der Waals surface area contributed by atoms with Gasteiger partial charge in [0.15, 0.2) is 0 Å². The summed E-state index contributed by atoms with van der Waals surface area (Å²) in [5.74, 6) is 0.587. The van der Waals surface area contributed by atoms with Gasteiger partial charge in [0, 0.05) is 46.3 Å². The van der Waals surface area contributed by atoms with Crippen LogP contribution in [0, 0.1) is 13.8 Å². The van der Waals surface area contributed by atoms with E-state index in [0.29, 0.717) is 12.5 Å². The van der Waals surface area contributed by atoms with Crippen LogP contribution in [0.2, 0.25) is 0 Å². The number of hydrogen-bond donors (Lipinski definition) is 1. The molecule has 1 N–H and O–H groups in total. The molecule has 29 heavy (non-hydrogen) atoms. The number of fused-ring (bicyclic) bond motifs is 1. The van der Waals surface area contributed by atoms with Crippen LogP contribution in [-0.2, 0) is 11.4 Å². The Labute approximate surface area is 174 Å². The first kappa shape index (κ1) is 19.5. The maximum absolute atomic E-state index is 11.0. The van der Waals surface area contributed by atoms with Gasteiger partial charge in [0.1, 0.15) is 6.61 Å². The van der Waals surface area contributed by atoms with Crippen LogP contribution in [0.5, 0.6) is 5.88 Å². The zero-order chi connectivity index (χ0) is 20.4. The number of nitrogens with zero attached hydrogens (tertiary/aromatic N) is 2. The van der Waals surface area contributed by atoms with Crippen LogP contribution in [0.4, 0.5) is 0 Å². The Morgan fingerprint density at radius 3 is 2.90 bits per heavy atom. The first-order valence-corrected chi connectivity index (χ1v) is 10.5. The number of benzene rings is 1. The quantitative estimate of drug-likeness (QED) is 0.621. The Bertz CT molecular complexity index is 1050. The summed E-state index contributed by atoms with van der Waals surface area (Å²) in [7, 11) is 0. The van der Waals surface area contributed by atoms with Gasteiger partial charge in [0.05, 0.1) is 6.42 Å². The lowest BCUT2D eigenvalue weighted by molar-refractivity contribution is -0.137. The first-order valence-electron chi connectivity index (χ1n) is 9.50. The zero-order valence-electron chi connectivity index (χ0n) is 16.4. The third-order valence-electron chi connectivity index (χ3n) is 5.12. The molecule has 0 bridgehead atoms. The lowest BCUT2D eigenvalue weighted by atomic mass is 9.98. The van der Waals surface area contributed by atoms with Gasteiger partial charge >= 0.3 is 5.97 Å². The summed E-state index contributed by atoms with van der Waals surface area (Å²) < 4.78 is 5.93. The molecule has 1 atom stereocenters. The topological polar surface area (TPSA) is 72.3 Å². The van der Waals surface area contributed by atoms with Crippen molar-refractivity contribution in [1.82, 2.24) is 9.97 Å². The van der Waals surface area contributed by atoms with Crippen molar-refractivity contribution in [1.29, 1.82) is 0 Å². The number of aliphatic carboxylic acids is 1. The van der Waals surface area contributed by atoms with E-state index in [4.69, 9.17) is 9.84 Å². The summed E-state index contributed by atoms with van der Waals surface area (Å²) in [5, 5.41) is 9.05. The van der Waals surface area contributed by atoms with E-state index in [0.717, 1.165) is 38.6 Å². The van der Waals surface area contributed by atoms with E-state index < -0.39 is 5.97 Å². The monoisotopic (exact) mass is 406 g/mol. The number of ether oxygens (including phenoxy) is 1. The van der Waals surface area contributed by atoms with Crippen molar-refractivity contribution in [2.75, 3.05) is 5.75 Å². The van der Waals surface area contributed by atoms with Crippen LogP contribution in [0.15, 0.2) is 53.7 Å². The second-order valence-corrected chi connectivity index (χ2v) is 8.31. The number of aromatic nitrogens is 2. The van der Waals surface area contributed by atoms with Crippen LogP contribution >= 0.6 is 11.8 Å². The molecule has 0 unspecified atom stereocenters. The van der Waals surface area contributed by atoms with E-state index in [1.807, 2.05) is 37.4 Å². The van der Waals surface area contributed by atoms with Crippen molar-refractivity contribution >= 4 is 17.7 Å². The molecule has 1 aliphatic rings. The summed E-state index contributed by atoms with van der Waals surface area (Å²) >= 11 is 1.67. The minimum atomic E-state index is -0.775. The minimum Gasteiger partial charge on any atom is -0.481 e. The van der Waals surface area contributed by atoms with E-state index in [-0.39, 0.29) is 12.3 Å². The number of hydrogen-bond acceptors (Lipinski definition) is 5. The largest absolute Gasteiger partial charge is 0.481 e. The molecule has 5 nitrogen and oxygen atoms in total. The fraction of sp³-hybridized carbons (Fsp3) is 0.261. The molecule has 2 aromatic heterocycles. The highest BCUT2D eigenvalue weighted by atomic mass is 32.2. The minimum absolute atomic E-state index is 0.0247. The van der Waals surface area contributed by atoms with Gasteiger partial charge in [0.2, 0.25) is 5.88 Å². The smallest absolute Gasteiger partial charge is 0.303 e. The maximum Gasteiger partial charge on any atom is 0.303 e. The normalized spacial score (nSPS) is 15.2. The van der Waals surface area contributed by atoms with Crippen molar-refractivity contribution in [3.05, 3.63) is 71.2 Å². The lowest BCUT2D eigenvalue weighted by Gasteiger charge is -2.12. The number of carboxylic acid groups (broad SMARTS) is 1. The summed E-state index contributed by atoms with van der Waals surface area (Å²) in [4.78, 5) is 20.9. The highest BCUT2D eigenvalue weighted by molar-refractivity contribution is 7.99. The second-order valence-electron chi connectivity index (χ2n) is 7.24. The predicted molar refractivity (Wildman–Crippen MR) is 113 cm³/mol. The van der Waals surface area contributed by atoms with Crippen LogP contribution in [0.3, 0.4) is 0 Å². The van der Waals surface area contributed by atoms with E-state index in [9.17, 15) is 4.79 Å². The molecule has 0 amide bonds. The van der Waals surface area contributed by atoms with Gasteiger partial charge < -0.3 is 9.84 Å². The van der Waals surface area contributed by atoms with Crippen molar-refractivity contribution < 1.29 is 14.6 Å². The highest BCUT2D eigenvalue weighted by Gasteiger charge is 2.26. The first-order chi connectivity index (χ1) is 14.0. The Morgan fingerprint density at radius 1 is 1.24 bits per heavy atom. The van der Waals surface area contributed by atoms with Crippen LogP contribution in [0.1, 0.15) is 34.7 Å². The summed E-state index contributed by atoms with van der Waals surface area (Å²) in [6.07, 6.45) is 3.73. The highest BCUT2D eigenvalue weighted by Crippen LogP contribution is 2.42. The van der Waals surface area contributed by atoms with E-state index in [1.54, 1.807) is 18.0 Å². The number of thioether (sulfide) groups is 1. The number of carbonyl (C=O) groups is 1. The van der Waals surface area contributed by atoms with Gasteiger partial charge in [-0.1, -0.05) is 18.2 Å². The second kappa shape index (κ2) is 8.25. The predicted octanol–water partition coefficient (Wildman–Crippen LogP) is 5.00. The van der Waals surface area contributed by atoms with E-state index >= 15 is 0 Å². The van der Waals surface area contributed by atoms with Crippen molar-refractivity contribution in [2.24, 2.45) is 0 Å².